The highest BCUT2D eigenvalue weighted by atomic mass is 16.3. The zero-order chi connectivity index (χ0) is 12.7. The van der Waals surface area contributed by atoms with Gasteiger partial charge in [-0.2, -0.15) is 0 Å². The molecule has 0 unspecified atom stereocenters. The Hall–Kier alpha value is -0.570. The molecule has 3 heteroatoms. The summed E-state index contributed by atoms with van der Waals surface area (Å²) in [7, 11) is 0. The van der Waals surface area contributed by atoms with Crippen LogP contribution in [0.3, 0.4) is 0 Å². The fourth-order valence-electron chi connectivity index (χ4n) is 2.45. The number of hydrogen-bond acceptors (Lipinski definition) is 2. The van der Waals surface area contributed by atoms with Gasteiger partial charge in [0.25, 0.3) is 0 Å². The number of nitrogens with one attached hydrogen (secondary N) is 1. The zero-order valence-corrected chi connectivity index (χ0v) is 11.3. The molecule has 1 amide bonds. The molecule has 0 radical (unpaired) electrons. The smallest absolute Gasteiger partial charge is 0.220 e. The number of rotatable bonds is 6. The van der Waals surface area contributed by atoms with Crippen molar-refractivity contribution >= 4 is 5.91 Å². The number of hydrogen-bond donors (Lipinski definition) is 2. The average Bonchev–Trinajstić information content (AvgIpc) is 2.28. The lowest BCUT2D eigenvalue weighted by Gasteiger charge is -2.25. The Morgan fingerprint density at radius 1 is 1.29 bits per heavy atom. The maximum absolute atomic E-state index is 11.8. The van der Waals surface area contributed by atoms with Gasteiger partial charge in [0.05, 0.1) is 0 Å². The summed E-state index contributed by atoms with van der Waals surface area (Å²) < 4.78 is 0. The highest BCUT2D eigenvalue weighted by molar-refractivity contribution is 5.76. The third-order valence-electron chi connectivity index (χ3n) is 3.75. The van der Waals surface area contributed by atoms with Crippen molar-refractivity contribution in [1.29, 1.82) is 0 Å². The first-order valence-electron chi connectivity index (χ1n) is 6.91. The fraction of sp³-hybridized carbons (Fsp3) is 0.929. The predicted molar refractivity (Wildman–Crippen MR) is 69.7 cm³/mol. The van der Waals surface area contributed by atoms with E-state index in [1.807, 2.05) is 0 Å². The molecule has 0 spiro atoms. The van der Waals surface area contributed by atoms with E-state index in [2.05, 4.69) is 19.2 Å². The summed E-state index contributed by atoms with van der Waals surface area (Å²) in [6, 6.07) is 0. The summed E-state index contributed by atoms with van der Waals surface area (Å²) in [5.74, 6) is 0.785. The Balaban J connectivity index is 2.20. The van der Waals surface area contributed by atoms with Gasteiger partial charge in [0.2, 0.25) is 5.91 Å². The lowest BCUT2D eigenvalue weighted by Crippen LogP contribution is -2.35. The minimum absolute atomic E-state index is 0.00300. The molecular formula is C14H27NO2. The van der Waals surface area contributed by atoms with Crippen LogP contribution in [-0.2, 0) is 4.79 Å². The summed E-state index contributed by atoms with van der Waals surface area (Å²) in [5.41, 5.74) is -0.00300. The van der Waals surface area contributed by atoms with Gasteiger partial charge in [-0.15, -0.1) is 0 Å². The molecule has 1 rings (SSSR count). The molecule has 1 aliphatic rings. The van der Waals surface area contributed by atoms with Crippen molar-refractivity contribution in [2.75, 3.05) is 13.2 Å². The average molecular weight is 241 g/mol. The minimum Gasteiger partial charge on any atom is -0.396 e. The van der Waals surface area contributed by atoms with E-state index >= 15 is 0 Å². The quantitative estimate of drug-likeness (QED) is 0.750. The number of carbonyl (C=O) groups is 1. The largest absolute Gasteiger partial charge is 0.396 e. The summed E-state index contributed by atoms with van der Waals surface area (Å²) in [6.07, 6.45) is 7.76. The molecule has 0 aromatic carbocycles. The van der Waals surface area contributed by atoms with E-state index in [4.69, 9.17) is 5.11 Å². The minimum atomic E-state index is -0.00300. The second kappa shape index (κ2) is 7.00. The van der Waals surface area contributed by atoms with E-state index in [9.17, 15) is 4.79 Å². The highest BCUT2D eigenvalue weighted by Gasteiger charge is 2.20. The van der Waals surface area contributed by atoms with Crippen LogP contribution in [-0.4, -0.2) is 24.2 Å². The SMILES string of the molecule is CC(C)(CCO)CNC(=O)CC1CCCCC1. The molecule has 0 saturated heterocycles. The van der Waals surface area contributed by atoms with Crippen LogP contribution in [0.1, 0.15) is 58.8 Å². The Kier molecular flexibility index (Phi) is 5.96. The van der Waals surface area contributed by atoms with Crippen LogP contribution in [0, 0.1) is 11.3 Å². The molecular weight excluding hydrogens is 214 g/mol. The Morgan fingerprint density at radius 2 is 1.94 bits per heavy atom. The fourth-order valence-corrected chi connectivity index (χ4v) is 2.45. The molecule has 2 N–H and O–H groups in total. The maximum atomic E-state index is 11.8. The third-order valence-corrected chi connectivity index (χ3v) is 3.75. The Labute approximate surface area is 105 Å². The van der Waals surface area contributed by atoms with Crippen LogP contribution in [0.4, 0.5) is 0 Å². The van der Waals surface area contributed by atoms with E-state index in [1.54, 1.807) is 0 Å². The molecule has 1 aliphatic carbocycles. The van der Waals surface area contributed by atoms with Crippen molar-refractivity contribution in [3.05, 3.63) is 0 Å². The standard InChI is InChI=1S/C14H27NO2/c1-14(2,8-9-16)11-15-13(17)10-12-6-4-3-5-7-12/h12,16H,3-11H2,1-2H3,(H,15,17). The van der Waals surface area contributed by atoms with Crippen molar-refractivity contribution in [3.8, 4) is 0 Å². The predicted octanol–water partition coefficient (Wildman–Crippen LogP) is 2.48. The molecule has 0 atom stereocenters. The maximum Gasteiger partial charge on any atom is 0.220 e. The van der Waals surface area contributed by atoms with Crippen molar-refractivity contribution in [2.24, 2.45) is 11.3 Å². The van der Waals surface area contributed by atoms with Crippen molar-refractivity contribution in [1.82, 2.24) is 5.32 Å². The van der Waals surface area contributed by atoms with Gasteiger partial charge in [-0.25, -0.2) is 0 Å². The van der Waals surface area contributed by atoms with Crippen LogP contribution in [0.25, 0.3) is 0 Å². The van der Waals surface area contributed by atoms with Gasteiger partial charge in [0.1, 0.15) is 0 Å². The van der Waals surface area contributed by atoms with E-state index < -0.39 is 0 Å². The van der Waals surface area contributed by atoms with E-state index in [1.165, 1.54) is 32.1 Å². The summed E-state index contributed by atoms with van der Waals surface area (Å²) >= 11 is 0. The molecule has 17 heavy (non-hydrogen) atoms. The first-order chi connectivity index (χ1) is 8.03. The molecule has 0 aliphatic heterocycles. The number of aliphatic hydroxyl groups is 1. The highest BCUT2D eigenvalue weighted by Crippen LogP contribution is 2.26. The lowest BCUT2D eigenvalue weighted by molar-refractivity contribution is -0.122. The van der Waals surface area contributed by atoms with Gasteiger partial charge in [-0.05, 0) is 30.6 Å². The molecule has 0 aromatic rings. The molecule has 1 saturated carbocycles. The van der Waals surface area contributed by atoms with Crippen LogP contribution >= 0.6 is 0 Å². The summed E-state index contributed by atoms with van der Waals surface area (Å²) in [4.78, 5) is 11.8. The first-order valence-corrected chi connectivity index (χ1v) is 6.91. The topological polar surface area (TPSA) is 49.3 Å². The zero-order valence-electron chi connectivity index (χ0n) is 11.3. The molecule has 0 bridgehead atoms. The summed E-state index contributed by atoms with van der Waals surface area (Å²) in [6.45, 7) is 5.00. The molecule has 0 heterocycles. The van der Waals surface area contributed by atoms with Gasteiger partial charge in [-0.3, -0.25) is 4.79 Å². The van der Waals surface area contributed by atoms with Crippen LogP contribution < -0.4 is 5.32 Å². The van der Waals surface area contributed by atoms with Crippen LogP contribution in [0.2, 0.25) is 0 Å². The molecule has 3 nitrogen and oxygen atoms in total. The van der Waals surface area contributed by atoms with Crippen LogP contribution in [0.15, 0.2) is 0 Å². The second-order valence-corrected chi connectivity index (χ2v) is 6.12. The van der Waals surface area contributed by atoms with Gasteiger partial charge in [-0.1, -0.05) is 33.1 Å². The Morgan fingerprint density at radius 3 is 2.53 bits per heavy atom. The molecule has 0 aromatic heterocycles. The van der Waals surface area contributed by atoms with Crippen molar-refractivity contribution in [2.45, 2.75) is 58.8 Å². The number of aliphatic hydroxyl groups excluding tert-OH is 1. The Bertz CT molecular complexity index is 232. The number of amides is 1. The van der Waals surface area contributed by atoms with Crippen molar-refractivity contribution < 1.29 is 9.90 Å². The monoisotopic (exact) mass is 241 g/mol. The second-order valence-electron chi connectivity index (χ2n) is 6.12. The van der Waals surface area contributed by atoms with Gasteiger partial charge >= 0.3 is 0 Å². The van der Waals surface area contributed by atoms with Crippen molar-refractivity contribution in [3.63, 3.8) is 0 Å². The van der Waals surface area contributed by atoms with E-state index in [-0.39, 0.29) is 17.9 Å². The molecule has 100 valence electrons. The molecule has 1 fully saturated rings. The van der Waals surface area contributed by atoms with E-state index in [0.29, 0.717) is 18.9 Å². The lowest BCUT2D eigenvalue weighted by atomic mass is 9.86. The normalized spacial score (nSPS) is 18.1. The third kappa shape index (κ3) is 6.06. The van der Waals surface area contributed by atoms with Gasteiger partial charge < -0.3 is 10.4 Å². The summed E-state index contributed by atoms with van der Waals surface area (Å²) in [5, 5.41) is 11.9. The van der Waals surface area contributed by atoms with Crippen LogP contribution in [0.5, 0.6) is 0 Å². The van der Waals surface area contributed by atoms with E-state index in [0.717, 1.165) is 6.42 Å². The van der Waals surface area contributed by atoms with Gasteiger partial charge in [0.15, 0.2) is 0 Å². The first kappa shape index (κ1) is 14.5. The van der Waals surface area contributed by atoms with Gasteiger partial charge in [0, 0.05) is 19.6 Å². The number of carbonyl (C=O) groups excluding carboxylic acids is 1.